The van der Waals surface area contributed by atoms with Crippen molar-refractivity contribution in [2.45, 2.75) is 62.4 Å². The molecule has 3 N–H and O–H groups in total. The van der Waals surface area contributed by atoms with E-state index in [1.165, 1.54) is 11.3 Å². The topological polar surface area (TPSA) is 94.8 Å². The number of Topliss-reactive ketones (excluding diaryl/α,β-unsaturated/α-hetero) is 2. The molecule has 5 nitrogen and oxygen atoms in total. The Labute approximate surface area is 194 Å². The third-order valence-electron chi connectivity index (χ3n) is 8.95. The van der Waals surface area contributed by atoms with Crippen LogP contribution in [0.25, 0.3) is 0 Å². The van der Waals surface area contributed by atoms with E-state index in [2.05, 4.69) is 32.2 Å². The lowest BCUT2D eigenvalue weighted by Crippen LogP contribution is -2.63. The first-order chi connectivity index (χ1) is 15.5. The van der Waals surface area contributed by atoms with Gasteiger partial charge >= 0.3 is 0 Å². The van der Waals surface area contributed by atoms with Crippen LogP contribution in [0.1, 0.15) is 53.3 Å². The second kappa shape index (κ2) is 7.23. The second-order valence-corrected chi connectivity index (χ2v) is 15.8. The normalized spacial score (nSPS) is 31.7. The maximum Gasteiger partial charge on any atom is 0.194 e. The standard InChI is InChI=1S/C27H30O5Si/c1-26(33(2,3)16-8-5-4-6-9-16)13-12-19-22-18(14-21(29)27(19,32)15-26)25(31)23-17(24(22)30)10-7-11-20(23)28/h4-11,19,21,28-29,32H,12-15H2,1-3H3/t19-,21-,26-,27+/m0/s1. The smallest absolute Gasteiger partial charge is 0.194 e. The van der Waals surface area contributed by atoms with Crippen molar-refractivity contribution >= 4 is 24.8 Å². The number of aromatic hydroxyl groups is 1. The van der Waals surface area contributed by atoms with Crippen molar-refractivity contribution in [2.24, 2.45) is 5.92 Å². The van der Waals surface area contributed by atoms with Crippen LogP contribution in [-0.2, 0) is 0 Å². The molecule has 5 rings (SSSR count). The number of aliphatic hydroxyl groups is 2. The molecule has 3 aliphatic rings. The van der Waals surface area contributed by atoms with Gasteiger partial charge in [0.15, 0.2) is 11.6 Å². The minimum Gasteiger partial charge on any atom is -0.507 e. The van der Waals surface area contributed by atoms with E-state index in [-0.39, 0.29) is 39.7 Å². The molecule has 2 aromatic rings. The Morgan fingerprint density at radius 1 is 1.00 bits per heavy atom. The van der Waals surface area contributed by atoms with Crippen LogP contribution >= 0.6 is 0 Å². The first-order valence-corrected chi connectivity index (χ1v) is 14.6. The summed E-state index contributed by atoms with van der Waals surface area (Å²) < 4.78 is 0. The molecule has 6 heteroatoms. The van der Waals surface area contributed by atoms with Crippen molar-refractivity contribution in [2.75, 3.05) is 0 Å². The molecule has 0 amide bonds. The summed E-state index contributed by atoms with van der Waals surface area (Å²) in [6, 6.07) is 14.9. The molecule has 1 fully saturated rings. The van der Waals surface area contributed by atoms with Crippen LogP contribution in [-0.4, -0.2) is 46.7 Å². The monoisotopic (exact) mass is 462 g/mol. The first kappa shape index (κ1) is 22.3. The Kier molecular flexibility index (Phi) is 4.87. The molecular formula is C27H30O5Si. The van der Waals surface area contributed by atoms with Gasteiger partial charge in [-0.2, -0.15) is 0 Å². The molecule has 0 heterocycles. The second-order valence-electron chi connectivity index (χ2n) is 10.8. The van der Waals surface area contributed by atoms with Gasteiger partial charge in [-0.15, -0.1) is 0 Å². The van der Waals surface area contributed by atoms with Gasteiger partial charge in [-0.3, -0.25) is 9.59 Å². The van der Waals surface area contributed by atoms with Gasteiger partial charge in [0.05, 0.1) is 25.3 Å². The molecule has 1 saturated carbocycles. The molecule has 33 heavy (non-hydrogen) atoms. The van der Waals surface area contributed by atoms with E-state index in [9.17, 15) is 24.9 Å². The lowest BCUT2D eigenvalue weighted by atomic mass is 9.58. The summed E-state index contributed by atoms with van der Waals surface area (Å²) in [5, 5.41) is 34.5. The van der Waals surface area contributed by atoms with Crippen LogP contribution in [0.4, 0.5) is 0 Å². The van der Waals surface area contributed by atoms with Crippen LogP contribution in [0.15, 0.2) is 59.7 Å². The van der Waals surface area contributed by atoms with E-state index in [0.717, 1.165) is 6.42 Å². The van der Waals surface area contributed by atoms with Crippen molar-refractivity contribution in [1.29, 1.82) is 0 Å². The molecule has 172 valence electrons. The van der Waals surface area contributed by atoms with Crippen molar-refractivity contribution in [3.63, 3.8) is 0 Å². The molecule has 2 aromatic carbocycles. The third-order valence-corrected chi connectivity index (χ3v) is 14.2. The van der Waals surface area contributed by atoms with E-state index in [1.807, 2.05) is 18.2 Å². The molecular weight excluding hydrogens is 432 g/mol. The fourth-order valence-corrected chi connectivity index (χ4v) is 9.71. The Morgan fingerprint density at radius 2 is 1.70 bits per heavy atom. The molecule has 0 radical (unpaired) electrons. The number of phenolic OH excluding ortho intramolecular Hbond substituents is 1. The summed E-state index contributed by atoms with van der Waals surface area (Å²) in [4.78, 5) is 26.8. The SMILES string of the molecule is C[C@]1([Si](C)(C)c2ccccc2)CC[C@H]2C3=C(C[C@H](O)[C@@]2(O)C1)C(=O)c1c(O)cccc1C3=O. The van der Waals surface area contributed by atoms with Gasteiger partial charge in [0, 0.05) is 29.0 Å². The molecule has 0 saturated heterocycles. The fraction of sp³-hybridized carbons (Fsp3) is 0.407. The quantitative estimate of drug-likeness (QED) is 0.591. The summed E-state index contributed by atoms with van der Waals surface area (Å²) >= 11 is 0. The third kappa shape index (κ3) is 2.97. The zero-order chi connectivity index (χ0) is 23.8. The summed E-state index contributed by atoms with van der Waals surface area (Å²) in [5.41, 5.74) is -0.691. The van der Waals surface area contributed by atoms with Crippen LogP contribution in [0.2, 0.25) is 18.1 Å². The summed E-state index contributed by atoms with van der Waals surface area (Å²) in [6.07, 6.45) is 0.478. The average Bonchev–Trinajstić information content (AvgIpc) is 2.78. The number of carbonyl (C=O) groups excluding carboxylic acids is 2. The van der Waals surface area contributed by atoms with Gasteiger partial charge in [-0.05, 0) is 30.4 Å². The van der Waals surface area contributed by atoms with Gasteiger partial charge in [-0.1, -0.05) is 67.7 Å². The maximum absolute atomic E-state index is 13.5. The summed E-state index contributed by atoms with van der Waals surface area (Å²) in [5.74, 6) is -1.54. The van der Waals surface area contributed by atoms with E-state index in [4.69, 9.17) is 0 Å². The van der Waals surface area contributed by atoms with Gasteiger partial charge in [0.1, 0.15) is 5.75 Å². The van der Waals surface area contributed by atoms with Crippen molar-refractivity contribution in [3.05, 3.63) is 70.8 Å². The molecule has 0 spiro atoms. The zero-order valence-electron chi connectivity index (χ0n) is 19.3. The number of ketones is 2. The predicted molar refractivity (Wildman–Crippen MR) is 129 cm³/mol. The van der Waals surface area contributed by atoms with E-state index in [1.54, 1.807) is 12.1 Å². The number of carbonyl (C=O) groups is 2. The molecule has 0 aromatic heterocycles. The lowest BCUT2D eigenvalue weighted by molar-refractivity contribution is -0.136. The Bertz CT molecular complexity index is 1200. The van der Waals surface area contributed by atoms with Crippen LogP contribution in [0.5, 0.6) is 5.75 Å². The minimum atomic E-state index is -2.07. The predicted octanol–water partition coefficient (Wildman–Crippen LogP) is 3.74. The highest BCUT2D eigenvalue weighted by Gasteiger charge is 2.61. The number of rotatable bonds is 2. The fourth-order valence-electron chi connectivity index (χ4n) is 6.50. The van der Waals surface area contributed by atoms with Crippen LogP contribution < -0.4 is 5.19 Å². The summed E-state index contributed by atoms with van der Waals surface area (Å²) in [6.45, 7) is 6.82. The Morgan fingerprint density at radius 3 is 2.39 bits per heavy atom. The first-order valence-electron chi connectivity index (χ1n) is 11.6. The number of aliphatic hydroxyl groups excluding tert-OH is 1. The molecule has 4 atom stereocenters. The highest BCUT2D eigenvalue weighted by atomic mass is 28.3. The van der Waals surface area contributed by atoms with Crippen molar-refractivity contribution in [3.8, 4) is 5.75 Å². The van der Waals surface area contributed by atoms with Crippen molar-refractivity contribution < 1.29 is 24.9 Å². The molecule has 0 bridgehead atoms. The number of hydrogen-bond donors (Lipinski definition) is 3. The largest absolute Gasteiger partial charge is 0.507 e. The Hall–Kier alpha value is -2.54. The lowest BCUT2D eigenvalue weighted by Gasteiger charge is -2.57. The van der Waals surface area contributed by atoms with Crippen molar-refractivity contribution in [1.82, 2.24) is 0 Å². The number of phenols is 1. The highest BCUT2D eigenvalue weighted by Crippen LogP contribution is 2.60. The maximum atomic E-state index is 13.5. The van der Waals surface area contributed by atoms with Gasteiger partial charge in [0.25, 0.3) is 0 Å². The summed E-state index contributed by atoms with van der Waals surface area (Å²) in [7, 11) is -2.07. The van der Waals surface area contributed by atoms with E-state index < -0.39 is 31.5 Å². The van der Waals surface area contributed by atoms with E-state index >= 15 is 0 Å². The Balaban J connectivity index is 1.58. The average molecular weight is 463 g/mol. The van der Waals surface area contributed by atoms with Crippen LogP contribution in [0.3, 0.4) is 0 Å². The minimum absolute atomic E-state index is 0.0113. The molecule has 0 unspecified atom stereocenters. The zero-order valence-corrected chi connectivity index (χ0v) is 20.3. The van der Waals surface area contributed by atoms with E-state index in [0.29, 0.717) is 18.4 Å². The van der Waals surface area contributed by atoms with Gasteiger partial charge < -0.3 is 15.3 Å². The molecule has 3 aliphatic carbocycles. The van der Waals surface area contributed by atoms with Crippen LogP contribution in [0, 0.1) is 5.92 Å². The van der Waals surface area contributed by atoms with Gasteiger partial charge in [0.2, 0.25) is 0 Å². The van der Waals surface area contributed by atoms with Gasteiger partial charge in [-0.25, -0.2) is 0 Å². The number of hydrogen-bond acceptors (Lipinski definition) is 5. The number of fused-ring (bicyclic) bond motifs is 3. The molecule has 0 aliphatic heterocycles. The number of benzene rings is 2. The highest BCUT2D eigenvalue weighted by molar-refractivity contribution is 6.92.